The first-order valence-corrected chi connectivity index (χ1v) is 7.17. The lowest BCUT2D eigenvalue weighted by molar-refractivity contribution is -0.139. The van der Waals surface area contributed by atoms with Crippen LogP contribution in [0.5, 0.6) is 0 Å². The SMILES string of the molecule is CCSCCC(NC(=O)c1ccc(N)cc1)C(=O)O. The Labute approximate surface area is 116 Å². The van der Waals surface area contributed by atoms with E-state index in [1.165, 1.54) is 0 Å². The number of rotatable bonds is 7. The Morgan fingerprint density at radius 2 is 2.00 bits per heavy atom. The van der Waals surface area contributed by atoms with Gasteiger partial charge in [0.25, 0.3) is 5.91 Å². The van der Waals surface area contributed by atoms with Crippen LogP contribution < -0.4 is 11.1 Å². The highest BCUT2D eigenvalue weighted by molar-refractivity contribution is 7.99. The van der Waals surface area contributed by atoms with Crippen LogP contribution in [0, 0.1) is 0 Å². The summed E-state index contributed by atoms with van der Waals surface area (Å²) in [5, 5.41) is 11.6. The zero-order chi connectivity index (χ0) is 14.3. The number of carboxylic acid groups (broad SMARTS) is 1. The zero-order valence-electron chi connectivity index (χ0n) is 10.8. The molecule has 5 nitrogen and oxygen atoms in total. The zero-order valence-corrected chi connectivity index (χ0v) is 11.6. The number of hydrogen-bond donors (Lipinski definition) is 3. The van der Waals surface area contributed by atoms with E-state index in [0.29, 0.717) is 23.4 Å². The minimum atomic E-state index is -1.01. The molecule has 1 aromatic carbocycles. The minimum Gasteiger partial charge on any atom is -0.480 e. The molecule has 0 fully saturated rings. The number of hydrogen-bond acceptors (Lipinski definition) is 4. The molecule has 1 aromatic rings. The lowest BCUT2D eigenvalue weighted by Gasteiger charge is -2.14. The highest BCUT2D eigenvalue weighted by atomic mass is 32.2. The topological polar surface area (TPSA) is 92.4 Å². The van der Waals surface area contributed by atoms with Crippen LogP contribution in [0.4, 0.5) is 5.69 Å². The number of carbonyl (C=O) groups is 2. The standard InChI is InChI=1S/C13H18N2O3S/c1-2-19-8-7-11(13(17)18)15-12(16)9-3-5-10(14)6-4-9/h3-6,11H,2,7-8,14H2,1H3,(H,15,16)(H,17,18). The van der Waals surface area contributed by atoms with Crippen LogP contribution in [0.1, 0.15) is 23.7 Å². The molecule has 0 aliphatic carbocycles. The molecule has 104 valence electrons. The number of aliphatic carboxylic acids is 1. The number of nitrogens with two attached hydrogens (primary N) is 1. The number of thioether (sulfide) groups is 1. The van der Waals surface area contributed by atoms with E-state index in [1.807, 2.05) is 6.92 Å². The van der Waals surface area contributed by atoms with Crippen LogP contribution in [0.3, 0.4) is 0 Å². The molecule has 0 aliphatic rings. The van der Waals surface area contributed by atoms with E-state index in [2.05, 4.69) is 5.32 Å². The molecule has 0 saturated heterocycles. The molecule has 1 atom stereocenters. The van der Waals surface area contributed by atoms with Crippen molar-refractivity contribution in [1.29, 1.82) is 0 Å². The van der Waals surface area contributed by atoms with Crippen molar-refractivity contribution in [2.24, 2.45) is 0 Å². The third-order valence-corrected chi connectivity index (χ3v) is 3.46. The number of carbonyl (C=O) groups excluding carboxylic acids is 1. The summed E-state index contributed by atoms with van der Waals surface area (Å²) in [5.74, 6) is 0.225. The predicted molar refractivity (Wildman–Crippen MR) is 77.4 cm³/mol. The predicted octanol–water partition coefficient (Wildman–Crippen LogP) is 1.60. The summed E-state index contributed by atoms with van der Waals surface area (Å²) in [6.07, 6.45) is 0.411. The number of nitrogen functional groups attached to an aromatic ring is 1. The summed E-state index contributed by atoms with van der Waals surface area (Å²) in [7, 11) is 0. The van der Waals surface area contributed by atoms with Crippen molar-refractivity contribution < 1.29 is 14.7 Å². The quantitative estimate of drug-likeness (QED) is 0.522. The highest BCUT2D eigenvalue weighted by Gasteiger charge is 2.20. The lowest BCUT2D eigenvalue weighted by Crippen LogP contribution is -2.41. The van der Waals surface area contributed by atoms with Crippen LogP contribution in [0.25, 0.3) is 0 Å². The molecule has 0 heterocycles. The van der Waals surface area contributed by atoms with Gasteiger partial charge in [-0.05, 0) is 42.2 Å². The molecule has 0 radical (unpaired) electrons. The van der Waals surface area contributed by atoms with Crippen molar-refractivity contribution in [3.05, 3.63) is 29.8 Å². The molecule has 1 unspecified atom stereocenters. The van der Waals surface area contributed by atoms with Gasteiger partial charge in [0.05, 0.1) is 0 Å². The maximum atomic E-state index is 11.9. The summed E-state index contributed by atoms with van der Waals surface area (Å²) in [5.41, 5.74) is 6.50. The Balaban J connectivity index is 2.60. The molecular weight excluding hydrogens is 264 g/mol. The van der Waals surface area contributed by atoms with Gasteiger partial charge in [-0.3, -0.25) is 4.79 Å². The van der Waals surface area contributed by atoms with Crippen molar-refractivity contribution in [2.75, 3.05) is 17.2 Å². The van der Waals surface area contributed by atoms with Crippen molar-refractivity contribution >= 4 is 29.3 Å². The molecule has 0 bridgehead atoms. The molecule has 0 saturated carbocycles. The van der Waals surface area contributed by atoms with Gasteiger partial charge >= 0.3 is 5.97 Å². The Kier molecular flexibility index (Phi) is 6.21. The van der Waals surface area contributed by atoms with Gasteiger partial charge in [-0.2, -0.15) is 11.8 Å². The molecule has 4 N–H and O–H groups in total. The van der Waals surface area contributed by atoms with Crippen molar-refractivity contribution in [2.45, 2.75) is 19.4 Å². The fraction of sp³-hybridized carbons (Fsp3) is 0.385. The van der Waals surface area contributed by atoms with E-state index in [1.54, 1.807) is 36.0 Å². The van der Waals surface area contributed by atoms with E-state index >= 15 is 0 Å². The molecule has 1 rings (SSSR count). The van der Waals surface area contributed by atoms with Crippen LogP contribution in [0.15, 0.2) is 24.3 Å². The number of nitrogens with one attached hydrogen (secondary N) is 1. The largest absolute Gasteiger partial charge is 0.480 e. The Morgan fingerprint density at radius 1 is 1.37 bits per heavy atom. The first kappa shape index (κ1) is 15.4. The lowest BCUT2D eigenvalue weighted by atomic mass is 10.1. The maximum Gasteiger partial charge on any atom is 0.326 e. The Bertz CT molecular complexity index is 434. The minimum absolute atomic E-state index is 0.395. The first-order chi connectivity index (χ1) is 9.04. The fourth-order valence-electron chi connectivity index (χ4n) is 1.48. The average Bonchev–Trinajstić information content (AvgIpc) is 2.38. The second-order valence-electron chi connectivity index (χ2n) is 3.97. The van der Waals surface area contributed by atoms with Crippen LogP contribution >= 0.6 is 11.8 Å². The molecule has 19 heavy (non-hydrogen) atoms. The summed E-state index contributed by atoms with van der Waals surface area (Å²) in [6.45, 7) is 2.01. The molecule has 0 spiro atoms. The maximum absolute atomic E-state index is 11.9. The van der Waals surface area contributed by atoms with Crippen molar-refractivity contribution in [1.82, 2.24) is 5.32 Å². The van der Waals surface area contributed by atoms with Crippen LogP contribution in [-0.2, 0) is 4.79 Å². The Hall–Kier alpha value is -1.69. The first-order valence-electron chi connectivity index (χ1n) is 6.01. The number of carboxylic acids is 1. The monoisotopic (exact) mass is 282 g/mol. The third kappa shape index (κ3) is 5.21. The summed E-state index contributed by atoms with van der Waals surface area (Å²) in [4.78, 5) is 23.0. The van der Waals surface area contributed by atoms with Crippen LogP contribution in [-0.4, -0.2) is 34.5 Å². The van der Waals surface area contributed by atoms with E-state index in [4.69, 9.17) is 10.8 Å². The number of amides is 1. The van der Waals surface area contributed by atoms with E-state index in [9.17, 15) is 9.59 Å². The molecule has 6 heteroatoms. The van der Waals surface area contributed by atoms with Crippen LogP contribution in [0.2, 0.25) is 0 Å². The van der Waals surface area contributed by atoms with Gasteiger partial charge in [0.2, 0.25) is 0 Å². The van der Waals surface area contributed by atoms with Gasteiger partial charge < -0.3 is 16.2 Å². The van der Waals surface area contributed by atoms with Gasteiger partial charge in [-0.25, -0.2) is 4.79 Å². The van der Waals surface area contributed by atoms with Gasteiger partial charge in [0.15, 0.2) is 0 Å². The van der Waals surface area contributed by atoms with Gasteiger partial charge in [0, 0.05) is 11.3 Å². The molecule has 1 amide bonds. The Morgan fingerprint density at radius 3 is 2.53 bits per heavy atom. The number of benzene rings is 1. The molecule has 0 aromatic heterocycles. The fourth-order valence-corrected chi connectivity index (χ4v) is 2.17. The molecular formula is C13H18N2O3S. The number of anilines is 1. The van der Waals surface area contributed by atoms with E-state index in [0.717, 1.165) is 5.75 Å². The van der Waals surface area contributed by atoms with Crippen molar-refractivity contribution in [3.8, 4) is 0 Å². The van der Waals surface area contributed by atoms with E-state index in [-0.39, 0.29) is 0 Å². The van der Waals surface area contributed by atoms with Crippen molar-refractivity contribution in [3.63, 3.8) is 0 Å². The normalized spacial score (nSPS) is 11.8. The van der Waals surface area contributed by atoms with Gasteiger partial charge in [0.1, 0.15) is 6.04 Å². The van der Waals surface area contributed by atoms with Gasteiger partial charge in [-0.15, -0.1) is 0 Å². The van der Waals surface area contributed by atoms with E-state index < -0.39 is 17.9 Å². The van der Waals surface area contributed by atoms with Gasteiger partial charge in [-0.1, -0.05) is 6.92 Å². The smallest absolute Gasteiger partial charge is 0.326 e. The molecule has 0 aliphatic heterocycles. The second kappa shape index (κ2) is 7.68. The summed E-state index contributed by atoms with van der Waals surface area (Å²) >= 11 is 1.65. The third-order valence-electron chi connectivity index (χ3n) is 2.53. The average molecular weight is 282 g/mol. The summed E-state index contributed by atoms with van der Waals surface area (Å²) < 4.78 is 0. The second-order valence-corrected chi connectivity index (χ2v) is 5.37. The highest BCUT2D eigenvalue weighted by Crippen LogP contribution is 2.08. The summed E-state index contributed by atoms with van der Waals surface area (Å²) in [6, 6.07) is 5.51.